The molecule has 3 fully saturated rings. The van der Waals surface area contributed by atoms with Gasteiger partial charge in [0.25, 0.3) is 0 Å². The van der Waals surface area contributed by atoms with Crippen LogP contribution in [0.2, 0.25) is 0 Å². The van der Waals surface area contributed by atoms with Gasteiger partial charge >= 0.3 is 0 Å². The van der Waals surface area contributed by atoms with Crippen LogP contribution in [0.5, 0.6) is 0 Å². The standard InChI is InChI=1S/C18H32O2/c1-5-6-10-17(19)11-7-9-16(4)12-8-14-13-18(16,17)20-15(14,2)3/h14,19H,5-13H2,1-4H3/t14-,16+,17+,18-/m1/s1. The van der Waals surface area contributed by atoms with Gasteiger partial charge in [-0.25, -0.2) is 0 Å². The Balaban J connectivity index is 2.01. The number of aliphatic hydroxyl groups is 1. The quantitative estimate of drug-likeness (QED) is 0.828. The zero-order valence-electron chi connectivity index (χ0n) is 13.8. The predicted octanol–water partition coefficient (Wildman–Crippen LogP) is 4.45. The van der Waals surface area contributed by atoms with Crippen molar-refractivity contribution in [1.82, 2.24) is 0 Å². The Kier molecular flexibility index (Phi) is 3.31. The molecule has 1 aliphatic heterocycles. The van der Waals surface area contributed by atoms with Crippen LogP contribution in [0.4, 0.5) is 0 Å². The lowest BCUT2D eigenvalue weighted by molar-refractivity contribution is -0.268. The van der Waals surface area contributed by atoms with E-state index in [1.54, 1.807) is 0 Å². The zero-order chi connectivity index (χ0) is 14.6. The Hall–Kier alpha value is -0.0800. The summed E-state index contributed by atoms with van der Waals surface area (Å²) >= 11 is 0. The first-order valence-corrected chi connectivity index (χ1v) is 8.71. The van der Waals surface area contributed by atoms with Gasteiger partial charge in [0.1, 0.15) is 5.60 Å². The van der Waals surface area contributed by atoms with Crippen LogP contribution in [0.25, 0.3) is 0 Å². The molecule has 0 radical (unpaired) electrons. The van der Waals surface area contributed by atoms with E-state index >= 15 is 0 Å². The van der Waals surface area contributed by atoms with E-state index in [0.29, 0.717) is 5.92 Å². The van der Waals surface area contributed by atoms with Crippen LogP contribution in [0.3, 0.4) is 0 Å². The van der Waals surface area contributed by atoms with Gasteiger partial charge in [0.15, 0.2) is 0 Å². The first-order valence-electron chi connectivity index (χ1n) is 8.71. The van der Waals surface area contributed by atoms with Crippen molar-refractivity contribution in [2.45, 2.75) is 102 Å². The molecule has 4 atom stereocenters. The topological polar surface area (TPSA) is 29.5 Å². The third kappa shape index (κ3) is 1.76. The minimum absolute atomic E-state index is 0.0602. The average Bonchev–Trinajstić information content (AvgIpc) is 2.61. The van der Waals surface area contributed by atoms with Crippen molar-refractivity contribution in [2.75, 3.05) is 0 Å². The lowest BCUT2D eigenvalue weighted by Gasteiger charge is -2.60. The molecule has 3 aliphatic rings. The summed E-state index contributed by atoms with van der Waals surface area (Å²) in [7, 11) is 0. The summed E-state index contributed by atoms with van der Waals surface area (Å²) in [5.41, 5.74) is -0.754. The highest BCUT2D eigenvalue weighted by Crippen LogP contribution is 2.67. The fraction of sp³-hybridized carbons (Fsp3) is 1.00. The Morgan fingerprint density at radius 1 is 1.15 bits per heavy atom. The highest BCUT2D eigenvalue weighted by atomic mass is 16.5. The smallest absolute Gasteiger partial charge is 0.103 e. The number of hydrogen-bond acceptors (Lipinski definition) is 2. The van der Waals surface area contributed by atoms with E-state index in [1.807, 2.05) is 0 Å². The first-order chi connectivity index (χ1) is 9.29. The minimum Gasteiger partial charge on any atom is -0.387 e. The maximum absolute atomic E-state index is 11.5. The van der Waals surface area contributed by atoms with Crippen LogP contribution in [-0.4, -0.2) is 21.9 Å². The summed E-state index contributed by atoms with van der Waals surface area (Å²) in [5.74, 6) is 0.627. The number of hydrogen-bond donors (Lipinski definition) is 1. The molecule has 1 spiro atoms. The molecule has 20 heavy (non-hydrogen) atoms. The van der Waals surface area contributed by atoms with Crippen LogP contribution in [0.15, 0.2) is 0 Å². The van der Waals surface area contributed by atoms with Crippen molar-refractivity contribution < 1.29 is 9.84 Å². The summed E-state index contributed by atoms with van der Waals surface area (Å²) in [6.45, 7) is 9.09. The Morgan fingerprint density at radius 3 is 2.60 bits per heavy atom. The molecular formula is C18H32O2. The molecule has 0 unspecified atom stereocenters. The maximum atomic E-state index is 11.5. The van der Waals surface area contributed by atoms with E-state index in [0.717, 1.165) is 38.5 Å². The van der Waals surface area contributed by atoms with Gasteiger partial charge in [-0.15, -0.1) is 0 Å². The molecule has 0 aromatic carbocycles. The van der Waals surface area contributed by atoms with Gasteiger partial charge in [0.05, 0.1) is 11.2 Å². The molecule has 0 aromatic heterocycles. The summed E-state index contributed by atoms with van der Waals surface area (Å²) in [4.78, 5) is 0. The van der Waals surface area contributed by atoms with Gasteiger partial charge in [0, 0.05) is 0 Å². The molecule has 2 aliphatic carbocycles. The van der Waals surface area contributed by atoms with Gasteiger partial charge in [-0.3, -0.25) is 0 Å². The molecule has 3 rings (SSSR count). The average molecular weight is 280 g/mol. The Labute approximate surface area is 124 Å². The first kappa shape index (κ1) is 14.8. The fourth-order valence-corrected chi connectivity index (χ4v) is 5.62. The summed E-state index contributed by atoms with van der Waals surface area (Å²) in [6, 6.07) is 0. The summed E-state index contributed by atoms with van der Waals surface area (Å²) < 4.78 is 6.73. The van der Waals surface area contributed by atoms with E-state index in [-0.39, 0.29) is 16.6 Å². The molecule has 2 nitrogen and oxygen atoms in total. The van der Waals surface area contributed by atoms with Crippen molar-refractivity contribution in [3.05, 3.63) is 0 Å². The highest BCUT2D eigenvalue weighted by molar-refractivity contribution is 5.20. The number of ether oxygens (including phenoxy) is 1. The molecule has 2 bridgehead atoms. The third-order valence-corrected chi connectivity index (χ3v) is 6.99. The van der Waals surface area contributed by atoms with Crippen LogP contribution in [0.1, 0.15) is 85.5 Å². The Bertz CT molecular complexity index is 391. The molecule has 1 saturated heterocycles. The summed E-state index contributed by atoms with van der Waals surface area (Å²) in [5, 5.41) is 11.5. The molecule has 1 heterocycles. The molecule has 1 N–H and O–H groups in total. The lowest BCUT2D eigenvalue weighted by atomic mass is 9.50. The number of fused-ring (bicyclic) bond motifs is 1. The van der Waals surface area contributed by atoms with Crippen LogP contribution in [-0.2, 0) is 4.74 Å². The normalized spacial score (nSPS) is 50.0. The molecular weight excluding hydrogens is 248 g/mol. The van der Waals surface area contributed by atoms with Gasteiger partial charge in [-0.1, -0.05) is 26.7 Å². The van der Waals surface area contributed by atoms with Gasteiger partial charge in [-0.2, -0.15) is 0 Å². The van der Waals surface area contributed by atoms with Gasteiger partial charge in [0.2, 0.25) is 0 Å². The number of rotatable bonds is 3. The highest BCUT2D eigenvalue weighted by Gasteiger charge is 2.71. The molecule has 2 saturated carbocycles. The zero-order valence-corrected chi connectivity index (χ0v) is 13.8. The van der Waals surface area contributed by atoms with Gasteiger partial charge in [-0.05, 0) is 70.1 Å². The largest absolute Gasteiger partial charge is 0.387 e. The van der Waals surface area contributed by atoms with Crippen molar-refractivity contribution >= 4 is 0 Å². The lowest BCUT2D eigenvalue weighted by Crippen LogP contribution is -2.66. The monoisotopic (exact) mass is 280 g/mol. The third-order valence-electron chi connectivity index (χ3n) is 6.99. The molecule has 0 amide bonds. The van der Waals surface area contributed by atoms with Crippen molar-refractivity contribution in [3.63, 3.8) is 0 Å². The van der Waals surface area contributed by atoms with E-state index in [4.69, 9.17) is 4.74 Å². The second-order valence-corrected chi connectivity index (χ2v) is 8.52. The predicted molar refractivity (Wildman–Crippen MR) is 81.7 cm³/mol. The van der Waals surface area contributed by atoms with Crippen LogP contribution >= 0.6 is 0 Å². The van der Waals surface area contributed by atoms with Crippen molar-refractivity contribution in [1.29, 1.82) is 0 Å². The molecule has 116 valence electrons. The summed E-state index contributed by atoms with van der Waals surface area (Å²) in [6.07, 6.45) is 10.1. The SMILES string of the molecule is CCCC[C@]1(O)CCC[C@@]2(C)CC[C@@H]3C[C@@]21OC3(C)C. The molecule has 2 heteroatoms. The van der Waals surface area contributed by atoms with Crippen LogP contribution in [0, 0.1) is 11.3 Å². The second kappa shape index (κ2) is 4.46. The van der Waals surface area contributed by atoms with Crippen molar-refractivity contribution in [3.8, 4) is 0 Å². The maximum Gasteiger partial charge on any atom is 0.103 e. The van der Waals surface area contributed by atoms with Crippen molar-refractivity contribution in [2.24, 2.45) is 11.3 Å². The molecule has 0 aromatic rings. The van der Waals surface area contributed by atoms with Gasteiger partial charge < -0.3 is 9.84 Å². The van der Waals surface area contributed by atoms with E-state index in [1.165, 1.54) is 19.3 Å². The fourth-order valence-electron chi connectivity index (χ4n) is 5.62. The van der Waals surface area contributed by atoms with E-state index in [9.17, 15) is 5.11 Å². The van der Waals surface area contributed by atoms with E-state index < -0.39 is 5.60 Å². The van der Waals surface area contributed by atoms with Crippen LogP contribution < -0.4 is 0 Å². The Morgan fingerprint density at radius 2 is 1.90 bits per heavy atom. The minimum atomic E-state index is -0.595. The number of unbranched alkanes of at least 4 members (excludes halogenated alkanes) is 1. The second-order valence-electron chi connectivity index (χ2n) is 8.52. The van der Waals surface area contributed by atoms with E-state index in [2.05, 4.69) is 27.7 Å².